The zero-order chi connectivity index (χ0) is 15.9. The van der Waals surface area contributed by atoms with Crippen molar-refractivity contribution in [3.05, 3.63) is 34.3 Å². The molecule has 0 saturated carbocycles. The van der Waals surface area contributed by atoms with Gasteiger partial charge in [-0.2, -0.15) is 0 Å². The van der Waals surface area contributed by atoms with Crippen LogP contribution in [-0.2, 0) is 14.3 Å². The highest BCUT2D eigenvalue weighted by Gasteiger charge is 2.19. The fourth-order valence-corrected chi connectivity index (χ4v) is 2.38. The first-order chi connectivity index (χ1) is 10.6. The van der Waals surface area contributed by atoms with Crippen LogP contribution in [0.2, 0.25) is 0 Å². The van der Waals surface area contributed by atoms with E-state index in [1.54, 1.807) is 29.2 Å². The average molecular weight is 369 g/mol. The number of benzene rings is 1. The summed E-state index contributed by atoms with van der Waals surface area (Å²) in [5.74, 6) is -0.754. The second-order valence-electron chi connectivity index (χ2n) is 4.89. The van der Waals surface area contributed by atoms with E-state index in [0.717, 1.165) is 17.4 Å². The number of ether oxygens (including phenoxy) is 1. The van der Waals surface area contributed by atoms with Crippen LogP contribution in [0.5, 0.6) is 0 Å². The van der Waals surface area contributed by atoms with Crippen molar-refractivity contribution >= 4 is 33.7 Å². The number of esters is 1. The van der Waals surface area contributed by atoms with Crippen LogP contribution < -0.4 is 5.32 Å². The Balaban J connectivity index is 1.65. The lowest BCUT2D eigenvalue weighted by molar-refractivity contribution is -0.144. The summed E-state index contributed by atoms with van der Waals surface area (Å²) in [6.07, 6.45) is 1.42. The molecule has 1 aromatic carbocycles. The molecule has 1 heterocycles. The van der Waals surface area contributed by atoms with Crippen molar-refractivity contribution in [2.45, 2.75) is 12.8 Å². The molecule has 0 unspecified atom stereocenters. The van der Waals surface area contributed by atoms with Gasteiger partial charge in [0.05, 0.1) is 6.54 Å². The Bertz CT molecular complexity index is 559. The van der Waals surface area contributed by atoms with E-state index >= 15 is 0 Å². The summed E-state index contributed by atoms with van der Waals surface area (Å²) in [6, 6.07) is 6.81. The summed E-state index contributed by atoms with van der Waals surface area (Å²) in [6.45, 7) is 1.09. The number of halogens is 1. The summed E-state index contributed by atoms with van der Waals surface area (Å²) in [5, 5.41) is 2.50. The van der Waals surface area contributed by atoms with Gasteiger partial charge in [0.15, 0.2) is 0 Å². The summed E-state index contributed by atoms with van der Waals surface area (Å²) in [5.41, 5.74) is 0.471. The zero-order valence-corrected chi connectivity index (χ0v) is 13.6. The van der Waals surface area contributed by atoms with Gasteiger partial charge in [0, 0.05) is 23.0 Å². The van der Waals surface area contributed by atoms with Crippen LogP contribution in [0.1, 0.15) is 23.2 Å². The maximum atomic E-state index is 11.8. The lowest BCUT2D eigenvalue weighted by Crippen LogP contribution is -2.33. The van der Waals surface area contributed by atoms with Crippen LogP contribution in [0.25, 0.3) is 0 Å². The highest BCUT2D eigenvalue weighted by molar-refractivity contribution is 9.10. The van der Waals surface area contributed by atoms with E-state index in [1.165, 1.54) is 0 Å². The third-order valence-electron chi connectivity index (χ3n) is 3.30. The van der Waals surface area contributed by atoms with Crippen LogP contribution >= 0.6 is 15.9 Å². The maximum Gasteiger partial charge on any atom is 0.325 e. The minimum atomic E-state index is -0.517. The Labute approximate surface area is 136 Å². The van der Waals surface area contributed by atoms with E-state index < -0.39 is 5.97 Å². The summed E-state index contributed by atoms with van der Waals surface area (Å²) >= 11 is 3.28. The summed E-state index contributed by atoms with van der Waals surface area (Å²) in [4.78, 5) is 36.4. The molecular weight excluding hydrogens is 352 g/mol. The topological polar surface area (TPSA) is 75.7 Å². The Morgan fingerprint density at radius 1 is 1.27 bits per heavy atom. The molecule has 6 nitrogen and oxygen atoms in total. The van der Waals surface area contributed by atoms with Crippen molar-refractivity contribution in [3.8, 4) is 0 Å². The Morgan fingerprint density at radius 3 is 2.64 bits per heavy atom. The number of likely N-dealkylation sites (tertiary alicyclic amines) is 1. The molecule has 0 aliphatic carbocycles. The molecule has 2 rings (SSSR count). The number of nitrogens with one attached hydrogen (secondary N) is 1. The standard InChI is InChI=1S/C15H17BrN2O4/c16-12-5-3-11(4-6-12)15(21)17-10-14(20)22-9-8-18-7-1-2-13(18)19/h3-6H,1-2,7-10H2,(H,17,21). The van der Waals surface area contributed by atoms with Crippen molar-refractivity contribution in [2.24, 2.45) is 0 Å². The molecular formula is C15H17BrN2O4. The predicted octanol–water partition coefficient (Wildman–Crippen LogP) is 1.34. The molecule has 1 aliphatic heterocycles. The van der Waals surface area contributed by atoms with E-state index in [4.69, 9.17) is 4.74 Å². The van der Waals surface area contributed by atoms with E-state index in [2.05, 4.69) is 21.2 Å². The lowest BCUT2D eigenvalue weighted by Gasteiger charge is -2.15. The Morgan fingerprint density at radius 2 is 2.00 bits per heavy atom. The van der Waals surface area contributed by atoms with Crippen LogP contribution in [0.15, 0.2) is 28.7 Å². The van der Waals surface area contributed by atoms with Crippen molar-refractivity contribution < 1.29 is 19.1 Å². The minimum Gasteiger partial charge on any atom is -0.462 e. The summed E-state index contributed by atoms with van der Waals surface area (Å²) < 4.78 is 5.88. The molecule has 0 atom stereocenters. The molecule has 0 bridgehead atoms. The first-order valence-corrected chi connectivity index (χ1v) is 7.83. The third kappa shape index (κ3) is 4.84. The number of amides is 2. The number of rotatable bonds is 6. The number of hydrogen-bond donors (Lipinski definition) is 1. The van der Waals surface area contributed by atoms with E-state index in [9.17, 15) is 14.4 Å². The van der Waals surface area contributed by atoms with Crippen LogP contribution in [0.3, 0.4) is 0 Å². The molecule has 0 spiro atoms. The maximum absolute atomic E-state index is 11.8. The van der Waals surface area contributed by atoms with Gasteiger partial charge in [0.2, 0.25) is 5.91 Å². The Kier molecular flexibility index (Phi) is 5.94. The molecule has 118 valence electrons. The van der Waals surface area contributed by atoms with Crippen LogP contribution in [0, 0.1) is 0 Å². The number of carbonyl (C=O) groups excluding carboxylic acids is 3. The zero-order valence-electron chi connectivity index (χ0n) is 12.0. The van der Waals surface area contributed by atoms with E-state index in [-0.39, 0.29) is 25.0 Å². The largest absolute Gasteiger partial charge is 0.462 e. The fourth-order valence-electron chi connectivity index (χ4n) is 2.12. The first-order valence-electron chi connectivity index (χ1n) is 7.03. The van der Waals surface area contributed by atoms with Gasteiger partial charge in [-0.05, 0) is 30.7 Å². The quantitative estimate of drug-likeness (QED) is 0.768. The van der Waals surface area contributed by atoms with Gasteiger partial charge in [-0.3, -0.25) is 14.4 Å². The van der Waals surface area contributed by atoms with Gasteiger partial charge in [-0.15, -0.1) is 0 Å². The van der Waals surface area contributed by atoms with Gasteiger partial charge in [0.25, 0.3) is 5.91 Å². The van der Waals surface area contributed by atoms with Gasteiger partial charge in [0.1, 0.15) is 13.2 Å². The van der Waals surface area contributed by atoms with Crippen LogP contribution in [0.4, 0.5) is 0 Å². The normalized spacial score (nSPS) is 14.0. The lowest BCUT2D eigenvalue weighted by atomic mass is 10.2. The van der Waals surface area contributed by atoms with E-state index in [0.29, 0.717) is 18.5 Å². The highest BCUT2D eigenvalue weighted by Crippen LogP contribution is 2.10. The molecule has 1 aliphatic rings. The molecule has 0 radical (unpaired) electrons. The molecule has 1 saturated heterocycles. The van der Waals surface area contributed by atoms with Gasteiger partial charge in [-0.25, -0.2) is 0 Å². The Hall–Kier alpha value is -1.89. The fraction of sp³-hybridized carbons (Fsp3) is 0.400. The number of carbonyl (C=O) groups is 3. The molecule has 7 heteroatoms. The van der Waals surface area contributed by atoms with Gasteiger partial charge >= 0.3 is 5.97 Å². The van der Waals surface area contributed by atoms with Crippen molar-refractivity contribution in [1.82, 2.24) is 10.2 Å². The smallest absolute Gasteiger partial charge is 0.325 e. The van der Waals surface area contributed by atoms with Crippen LogP contribution in [-0.4, -0.2) is 48.9 Å². The second kappa shape index (κ2) is 7.93. The average Bonchev–Trinajstić information content (AvgIpc) is 2.91. The number of hydrogen-bond acceptors (Lipinski definition) is 4. The van der Waals surface area contributed by atoms with Gasteiger partial charge in [-0.1, -0.05) is 15.9 Å². The highest BCUT2D eigenvalue weighted by atomic mass is 79.9. The third-order valence-corrected chi connectivity index (χ3v) is 3.82. The molecule has 2 amide bonds. The first kappa shape index (κ1) is 16.5. The molecule has 1 aromatic rings. The summed E-state index contributed by atoms with van der Waals surface area (Å²) in [7, 11) is 0. The SMILES string of the molecule is O=C(CNC(=O)c1ccc(Br)cc1)OCCN1CCCC1=O. The van der Waals surface area contributed by atoms with Crippen molar-refractivity contribution in [2.75, 3.05) is 26.2 Å². The predicted molar refractivity (Wildman–Crippen MR) is 83.2 cm³/mol. The van der Waals surface area contributed by atoms with Crippen molar-refractivity contribution in [3.63, 3.8) is 0 Å². The monoisotopic (exact) mass is 368 g/mol. The van der Waals surface area contributed by atoms with E-state index in [1.807, 2.05) is 0 Å². The minimum absolute atomic E-state index is 0.0968. The molecule has 22 heavy (non-hydrogen) atoms. The molecule has 1 N–H and O–H groups in total. The second-order valence-corrected chi connectivity index (χ2v) is 5.81. The molecule has 1 fully saturated rings. The number of nitrogens with zero attached hydrogens (tertiary/aromatic N) is 1. The van der Waals surface area contributed by atoms with Gasteiger partial charge < -0.3 is 15.0 Å². The molecule has 0 aromatic heterocycles. The van der Waals surface area contributed by atoms with Crippen molar-refractivity contribution in [1.29, 1.82) is 0 Å².